The number of carbonyl (C=O) groups excluding carboxylic acids is 1. The zero-order valence-corrected chi connectivity index (χ0v) is 12.9. The summed E-state index contributed by atoms with van der Waals surface area (Å²) < 4.78 is 5.62. The van der Waals surface area contributed by atoms with Crippen LogP contribution in [0.5, 0.6) is 0 Å². The van der Waals surface area contributed by atoms with Gasteiger partial charge < -0.3 is 4.74 Å². The van der Waals surface area contributed by atoms with Crippen molar-refractivity contribution in [2.75, 3.05) is 0 Å². The maximum absolute atomic E-state index is 12.4. The molecule has 0 fully saturated rings. The van der Waals surface area contributed by atoms with Crippen molar-refractivity contribution in [3.05, 3.63) is 71.3 Å². The molecule has 110 valence electrons. The first-order valence-corrected chi connectivity index (χ1v) is 7.48. The Kier molecular flexibility index (Phi) is 5.15. The molecule has 0 heterocycles. The van der Waals surface area contributed by atoms with Crippen molar-refractivity contribution in [3.8, 4) is 0 Å². The van der Waals surface area contributed by atoms with Crippen molar-refractivity contribution in [1.29, 1.82) is 0 Å². The van der Waals surface area contributed by atoms with Gasteiger partial charge in [-0.3, -0.25) is 0 Å². The SMILES string of the molecule is CCC(C)c1ccccc1C(=O)OC(C)c1ccccc1. The van der Waals surface area contributed by atoms with E-state index in [1.165, 1.54) is 0 Å². The Hall–Kier alpha value is -2.09. The maximum atomic E-state index is 12.4. The van der Waals surface area contributed by atoms with Crippen molar-refractivity contribution < 1.29 is 9.53 Å². The smallest absolute Gasteiger partial charge is 0.339 e. The average molecular weight is 282 g/mol. The van der Waals surface area contributed by atoms with Crippen LogP contribution in [0.15, 0.2) is 54.6 Å². The minimum atomic E-state index is -0.248. The molecule has 0 amide bonds. The lowest BCUT2D eigenvalue weighted by atomic mass is 9.94. The molecule has 2 nitrogen and oxygen atoms in total. The molecule has 2 unspecified atom stereocenters. The number of hydrogen-bond donors (Lipinski definition) is 0. The quantitative estimate of drug-likeness (QED) is 0.712. The van der Waals surface area contributed by atoms with E-state index in [-0.39, 0.29) is 12.1 Å². The van der Waals surface area contributed by atoms with Crippen molar-refractivity contribution in [2.45, 2.75) is 39.2 Å². The van der Waals surface area contributed by atoms with Crippen molar-refractivity contribution in [3.63, 3.8) is 0 Å². The van der Waals surface area contributed by atoms with Crippen LogP contribution >= 0.6 is 0 Å². The van der Waals surface area contributed by atoms with Crippen molar-refractivity contribution in [2.24, 2.45) is 0 Å². The lowest BCUT2D eigenvalue weighted by Crippen LogP contribution is -2.12. The summed E-state index contributed by atoms with van der Waals surface area (Å²) in [6.45, 7) is 6.16. The third-order valence-corrected chi connectivity index (χ3v) is 3.88. The third-order valence-electron chi connectivity index (χ3n) is 3.88. The second kappa shape index (κ2) is 7.07. The predicted octanol–water partition coefficient (Wildman–Crippen LogP) is 5.12. The first kappa shape index (κ1) is 15.3. The predicted molar refractivity (Wildman–Crippen MR) is 85.4 cm³/mol. The van der Waals surface area contributed by atoms with E-state index in [1.807, 2.05) is 61.5 Å². The fourth-order valence-electron chi connectivity index (χ4n) is 2.35. The van der Waals surface area contributed by atoms with Gasteiger partial charge in [0.2, 0.25) is 0 Å². The maximum Gasteiger partial charge on any atom is 0.339 e. The second-order valence-electron chi connectivity index (χ2n) is 5.35. The number of ether oxygens (including phenoxy) is 1. The average Bonchev–Trinajstić information content (AvgIpc) is 2.54. The fourth-order valence-corrected chi connectivity index (χ4v) is 2.35. The van der Waals surface area contributed by atoms with E-state index in [2.05, 4.69) is 13.8 Å². The summed E-state index contributed by atoms with van der Waals surface area (Å²) in [5, 5.41) is 0. The molecule has 0 N–H and O–H groups in total. The van der Waals surface area contributed by atoms with Gasteiger partial charge in [-0.25, -0.2) is 4.79 Å². The molecule has 2 rings (SSSR count). The summed E-state index contributed by atoms with van der Waals surface area (Å²) >= 11 is 0. The fraction of sp³-hybridized carbons (Fsp3) is 0.316. The third kappa shape index (κ3) is 3.72. The topological polar surface area (TPSA) is 26.3 Å². The molecule has 0 aromatic heterocycles. The highest BCUT2D eigenvalue weighted by molar-refractivity contribution is 5.91. The molecule has 0 aliphatic heterocycles. The first-order valence-electron chi connectivity index (χ1n) is 7.48. The van der Waals surface area contributed by atoms with Crippen LogP contribution < -0.4 is 0 Å². The van der Waals surface area contributed by atoms with Gasteiger partial charge in [-0.05, 0) is 36.5 Å². The number of hydrogen-bond acceptors (Lipinski definition) is 2. The van der Waals surface area contributed by atoms with E-state index in [0.717, 1.165) is 17.5 Å². The number of esters is 1. The second-order valence-corrected chi connectivity index (χ2v) is 5.35. The van der Waals surface area contributed by atoms with Crippen LogP contribution in [0.2, 0.25) is 0 Å². The van der Waals surface area contributed by atoms with Crippen molar-refractivity contribution >= 4 is 5.97 Å². The molecular formula is C19H22O2. The molecule has 0 bridgehead atoms. The van der Waals surface area contributed by atoms with Gasteiger partial charge in [0.15, 0.2) is 0 Å². The van der Waals surface area contributed by atoms with Crippen LogP contribution in [-0.4, -0.2) is 5.97 Å². The molecule has 0 saturated heterocycles. The molecule has 0 aliphatic rings. The normalized spacial score (nSPS) is 13.5. The number of carbonyl (C=O) groups is 1. The molecule has 0 spiro atoms. The van der Waals surface area contributed by atoms with Gasteiger partial charge in [0.05, 0.1) is 5.56 Å². The summed E-state index contributed by atoms with van der Waals surface area (Å²) in [4.78, 5) is 12.4. The Balaban J connectivity index is 2.18. The minimum absolute atomic E-state index is 0.247. The molecule has 0 saturated carbocycles. The molecule has 2 aromatic carbocycles. The summed E-state index contributed by atoms with van der Waals surface area (Å²) in [5.74, 6) is 0.100. The minimum Gasteiger partial charge on any atom is -0.454 e. The molecule has 2 aromatic rings. The lowest BCUT2D eigenvalue weighted by molar-refractivity contribution is 0.0336. The Labute approximate surface area is 126 Å². The monoisotopic (exact) mass is 282 g/mol. The molecule has 0 radical (unpaired) electrons. The van der Waals surface area contributed by atoms with E-state index in [0.29, 0.717) is 11.5 Å². The summed E-state index contributed by atoms with van der Waals surface area (Å²) in [5.41, 5.74) is 2.74. The van der Waals surface area contributed by atoms with Crippen LogP contribution in [0.4, 0.5) is 0 Å². The highest BCUT2D eigenvalue weighted by Gasteiger charge is 2.18. The van der Waals surface area contributed by atoms with Gasteiger partial charge in [0.1, 0.15) is 6.10 Å². The Morgan fingerprint density at radius 3 is 2.29 bits per heavy atom. The van der Waals surface area contributed by atoms with E-state index in [9.17, 15) is 4.79 Å². The highest BCUT2D eigenvalue weighted by atomic mass is 16.5. The molecule has 2 heteroatoms. The number of rotatable bonds is 5. The van der Waals surface area contributed by atoms with Crippen LogP contribution in [0, 0.1) is 0 Å². The van der Waals surface area contributed by atoms with Gasteiger partial charge in [0.25, 0.3) is 0 Å². The molecular weight excluding hydrogens is 260 g/mol. The van der Waals surface area contributed by atoms with Gasteiger partial charge >= 0.3 is 5.97 Å². The van der Waals surface area contributed by atoms with Gasteiger partial charge in [0, 0.05) is 0 Å². The summed E-state index contributed by atoms with van der Waals surface area (Å²) in [6, 6.07) is 17.5. The zero-order valence-electron chi connectivity index (χ0n) is 12.9. The Bertz CT molecular complexity index is 590. The lowest BCUT2D eigenvalue weighted by Gasteiger charge is -2.17. The zero-order chi connectivity index (χ0) is 15.2. The van der Waals surface area contributed by atoms with Crippen LogP contribution in [0.1, 0.15) is 60.7 Å². The van der Waals surface area contributed by atoms with E-state index < -0.39 is 0 Å². The summed E-state index contributed by atoms with van der Waals surface area (Å²) in [6.07, 6.45) is 0.752. The van der Waals surface area contributed by atoms with Crippen LogP contribution in [-0.2, 0) is 4.74 Å². The molecule has 2 atom stereocenters. The van der Waals surface area contributed by atoms with E-state index in [4.69, 9.17) is 4.74 Å². The summed E-state index contributed by atoms with van der Waals surface area (Å²) in [7, 11) is 0. The largest absolute Gasteiger partial charge is 0.454 e. The standard InChI is InChI=1S/C19H22O2/c1-4-14(2)17-12-8-9-13-18(17)19(20)21-15(3)16-10-6-5-7-11-16/h5-15H,4H2,1-3H3. The van der Waals surface area contributed by atoms with E-state index in [1.54, 1.807) is 0 Å². The van der Waals surface area contributed by atoms with E-state index >= 15 is 0 Å². The molecule has 21 heavy (non-hydrogen) atoms. The van der Waals surface area contributed by atoms with Gasteiger partial charge in [-0.1, -0.05) is 62.4 Å². The van der Waals surface area contributed by atoms with Crippen LogP contribution in [0.3, 0.4) is 0 Å². The van der Waals surface area contributed by atoms with Crippen LogP contribution in [0.25, 0.3) is 0 Å². The number of benzene rings is 2. The highest BCUT2D eigenvalue weighted by Crippen LogP contribution is 2.25. The first-order chi connectivity index (χ1) is 10.1. The molecule has 0 aliphatic carbocycles. The van der Waals surface area contributed by atoms with Gasteiger partial charge in [-0.15, -0.1) is 0 Å². The van der Waals surface area contributed by atoms with Crippen molar-refractivity contribution in [1.82, 2.24) is 0 Å². The Morgan fingerprint density at radius 2 is 1.62 bits per heavy atom. The Morgan fingerprint density at radius 1 is 1.00 bits per heavy atom. The van der Waals surface area contributed by atoms with Gasteiger partial charge in [-0.2, -0.15) is 0 Å².